The van der Waals surface area contributed by atoms with Gasteiger partial charge in [-0.2, -0.15) is 0 Å². The number of rotatable bonds is 5. The fourth-order valence-electron chi connectivity index (χ4n) is 4.61. The summed E-state index contributed by atoms with van der Waals surface area (Å²) in [4.78, 5) is 10.8. The second-order valence-corrected chi connectivity index (χ2v) is 7.39. The van der Waals surface area contributed by atoms with Crippen molar-refractivity contribution in [1.29, 1.82) is 0 Å². The number of aromatic nitrogens is 2. The van der Waals surface area contributed by atoms with Crippen LogP contribution >= 0.6 is 0 Å². The Morgan fingerprint density at radius 2 is 1.75 bits per heavy atom. The summed E-state index contributed by atoms with van der Waals surface area (Å²) in [5.74, 6) is 3.15. The summed E-state index contributed by atoms with van der Waals surface area (Å²) in [6.07, 6.45) is 8.04. The van der Waals surface area contributed by atoms with E-state index in [1.54, 1.807) is 0 Å². The van der Waals surface area contributed by atoms with E-state index in [-0.39, 0.29) is 0 Å². The number of benzene rings is 1. The molecule has 1 aromatic heterocycles. The molecule has 1 heterocycles. The van der Waals surface area contributed by atoms with E-state index in [0.717, 1.165) is 29.9 Å². The number of hydrogen-bond donors (Lipinski definition) is 1. The Labute approximate surface area is 144 Å². The van der Waals surface area contributed by atoms with Crippen LogP contribution in [-0.4, -0.2) is 30.1 Å². The van der Waals surface area contributed by atoms with Crippen molar-refractivity contribution in [2.45, 2.75) is 37.8 Å². The zero-order valence-electron chi connectivity index (χ0n) is 14.5. The molecule has 2 unspecified atom stereocenters. The predicted molar refractivity (Wildman–Crippen MR) is 97.0 cm³/mol. The van der Waals surface area contributed by atoms with Gasteiger partial charge in [0.2, 0.25) is 5.95 Å². The first kappa shape index (κ1) is 15.6. The Bertz CT molecular complexity index is 668. The third-order valence-electron chi connectivity index (χ3n) is 5.75. The molecule has 0 bridgehead atoms. The molecule has 2 aromatic rings. The molecule has 2 aliphatic rings. The van der Waals surface area contributed by atoms with Crippen LogP contribution in [0.4, 0.5) is 5.95 Å². The summed E-state index contributed by atoms with van der Waals surface area (Å²) in [5.41, 5.74) is 2.66. The molecule has 1 aromatic carbocycles. The predicted octanol–water partition coefficient (Wildman–Crippen LogP) is 3.21. The number of nitrogens with one attached hydrogen (secondary N) is 1. The highest BCUT2D eigenvalue weighted by atomic mass is 15.2. The fourth-order valence-corrected chi connectivity index (χ4v) is 4.61. The molecular formula is C20H26N4. The maximum absolute atomic E-state index is 4.42. The number of anilines is 1. The van der Waals surface area contributed by atoms with Crippen LogP contribution in [0.25, 0.3) is 0 Å². The Hall–Kier alpha value is -1.94. The lowest BCUT2D eigenvalue weighted by molar-refractivity contribution is 0.0940. The van der Waals surface area contributed by atoms with Gasteiger partial charge in [-0.3, -0.25) is 0 Å². The lowest BCUT2D eigenvalue weighted by atomic mass is 9.60. The van der Waals surface area contributed by atoms with Crippen molar-refractivity contribution in [1.82, 2.24) is 15.3 Å². The van der Waals surface area contributed by atoms with E-state index in [1.807, 2.05) is 31.4 Å². The second-order valence-electron chi connectivity index (χ2n) is 7.39. The first-order chi connectivity index (χ1) is 11.7. The van der Waals surface area contributed by atoms with Gasteiger partial charge < -0.3 is 10.2 Å². The molecule has 2 saturated carbocycles. The van der Waals surface area contributed by atoms with Gasteiger partial charge in [-0.1, -0.05) is 36.8 Å². The van der Waals surface area contributed by atoms with Crippen LogP contribution in [0, 0.1) is 11.8 Å². The minimum Gasteiger partial charge on any atom is -0.347 e. The SMILES string of the molecule is CN(C)c1ncc(CN[C@@H]2C3CCCC3[C@H]2c2ccccc2)cn1. The third-order valence-corrected chi connectivity index (χ3v) is 5.75. The zero-order chi connectivity index (χ0) is 16.5. The Morgan fingerprint density at radius 1 is 1.04 bits per heavy atom. The van der Waals surface area contributed by atoms with Crippen LogP contribution in [0.2, 0.25) is 0 Å². The highest BCUT2D eigenvalue weighted by Gasteiger charge is 2.52. The van der Waals surface area contributed by atoms with Crippen molar-refractivity contribution in [2.24, 2.45) is 11.8 Å². The number of nitrogens with zero attached hydrogens (tertiary/aromatic N) is 3. The molecule has 0 saturated heterocycles. The van der Waals surface area contributed by atoms with Crippen LogP contribution in [0.3, 0.4) is 0 Å². The van der Waals surface area contributed by atoms with Crippen molar-refractivity contribution < 1.29 is 0 Å². The fraction of sp³-hybridized carbons (Fsp3) is 0.500. The second kappa shape index (κ2) is 6.52. The highest BCUT2D eigenvalue weighted by molar-refractivity contribution is 5.29. The Balaban J connectivity index is 1.44. The van der Waals surface area contributed by atoms with Crippen LogP contribution in [0.5, 0.6) is 0 Å². The van der Waals surface area contributed by atoms with Gasteiger partial charge in [-0.05, 0) is 30.2 Å². The summed E-state index contributed by atoms with van der Waals surface area (Å²) in [6.45, 7) is 0.852. The van der Waals surface area contributed by atoms with Crippen molar-refractivity contribution >= 4 is 5.95 Å². The van der Waals surface area contributed by atoms with Crippen molar-refractivity contribution in [3.63, 3.8) is 0 Å². The van der Waals surface area contributed by atoms with E-state index in [4.69, 9.17) is 0 Å². The van der Waals surface area contributed by atoms with Crippen LogP contribution in [-0.2, 0) is 6.54 Å². The summed E-state index contributed by atoms with van der Waals surface area (Å²) in [6, 6.07) is 11.6. The molecule has 4 nitrogen and oxygen atoms in total. The lowest BCUT2D eigenvalue weighted by Crippen LogP contribution is -2.54. The molecule has 4 heteroatoms. The number of fused-ring (bicyclic) bond motifs is 1. The third kappa shape index (κ3) is 2.80. The molecule has 24 heavy (non-hydrogen) atoms. The van der Waals surface area contributed by atoms with Gasteiger partial charge in [0, 0.05) is 50.6 Å². The van der Waals surface area contributed by atoms with Gasteiger partial charge in [0.15, 0.2) is 0 Å². The standard InChI is InChI=1S/C20H26N4/c1-24(2)20-22-12-14(13-23-20)11-21-19-17-10-6-9-16(17)18(19)15-7-4-3-5-8-15/h3-5,7-8,12-13,16-19,21H,6,9-11H2,1-2H3/t16?,17?,18-,19-/m1/s1. The average molecular weight is 322 g/mol. The molecule has 2 fully saturated rings. The molecule has 2 aliphatic carbocycles. The first-order valence-electron chi connectivity index (χ1n) is 9.00. The normalized spacial score (nSPS) is 28.2. The van der Waals surface area contributed by atoms with Gasteiger partial charge in [0.05, 0.1) is 0 Å². The van der Waals surface area contributed by atoms with Crippen molar-refractivity contribution in [2.75, 3.05) is 19.0 Å². The molecular weight excluding hydrogens is 296 g/mol. The van der Waals surface area contributed by atoms with E-state index in [1.165, 1.54) is 24.8 Å². The maximum Gasteiger partial charge on any atom is 0.224 e. The Kier molecular flexibility index (Phi) is 4.23. The summed E-state index contributed by atoms with van der Waals surface area (Å²) >= 11 is 0. The minimum absolute atomic E-state index is 0.591. The maximum atomic E-state index is 4.42. The van der Waals surface area contributed by atoms with Crippen LogP contribution in [0.15, 0.2) is 42.7 Å². The topological polar surface area (TPSA) is 41.1 Å². The summed E-state index contributed by atoms with van der Waals surface area (Å²) in [7, 11) is 3.93. The molecule has 0 radical (unpaired) electrons. The van der Waals surface area contributed by atoms with E-state index >= 15 is 0 Å². The summed E-state index contributed by atoms with van der Waals surface area (Å²) in [5, 5.41) is 3.81. The zero-order valence-corrected chi connectivity index (χ0v) is 14.5. The molecule has 126 valence electrons. The van der Waals surface area contributed by atoms with Crippen LogP contribution in [0.1, 0.15) is 36.3 Å². The molecule has 1 N–H and O–H groups in total. The van der Waals surface area contributed by atoms with E-state index in [9.17, 15) is 0 Å². The van der Waals surface area contributed by atoms with Gasteiger partial charge in [0.1, 0.15) is 0 Å². The van der Waals surface area contributed by atoms with E-state index in [2.05, 4.69) is 45.6 Å². The van der Waals surface area contributed by atoms with Gasteiger partial charge >= 0.3 is 0 Å². The largest absolute Gasteiger partial charge is 0.347 e. The van der Waals surface area contributed by atoms with E-state index in [0.29, 0.717) is 12.0 Å². The number of hydrogen-bond acceptors (Lipinski definition) is 4. The quantitative estimate of drug-likeness (QED) is 0.918. The molecule has 0 amide bonds. The summed E-state index contributed by atoms with van der Waals surface area (Å²) < 4.78 is 0. The van der Waals surface area contributed by atoms with Gasteiger partial charge in [-0.15, -0.1) is 0 Å². The lowest BCUT2D eigenvalue weighted by Gasteiger charge is -2.50. The van der Waals surface area contributed by atoms with Crippen molar-refractivity contribution in [3.8, 4) is 0 Å². The van der Waals surface area contributed by atoms with Crippen LogP contribution < -0.4 is 10.2 Å². The Morgan fingerprint density at radius 3 is 2.46 bits per heavy atom. The van der Waals surface area contributed by atoms with Gasteiger partial charge in [0.25, 0.3) is 0 Å². The molecule has 4 atom stereocenters. The minimum atomic E-state index is 0.591. The van der Waals surface area contributed by atoms with Gasteiger partial charge in [-0.25, -0.2) is 9.97 Å². The monoisotopic (exact) mass is 322 g/mol. The molecule has 0 aliphatic heterocycles. The smallest absolute Gasteiger partial charge is 0.224 e. The molecule has 0 spiro atoms. The average Bonchev–Trinajstić information content (AvgIpc) is 3.00. The van der Waals surface area contributed by atoms with Crippen molar-refractivity contribution in [3.05, 3.63) is 53.9 Å². The van der Waals surface area contributed by atoms with E-state index < -0.39 is 0 Å². The highest BCUT2D eigenvalue weighted by Crippen LogP contribution is 2.55. The first-order valence-corrected chi connectivity index (χ1v) is 9.00. The molecule has 4 rings (SSSR count).